The summed E-state index contributed by atoms with van der Waals surface area (Å²) in [5.74, 6) is 1.45. The molecule has 1 heterocycles. The number of hydrogen-bond acceptors (Lipinski definition) is 2. The first-order valence-electron chi connectivity index (χ1n) is 8.15. The second-order valence-electron chi connectivity index (χ2n) is 6.88. The zero-order valence-corrected chi connectivity index (χ0v) is 12.6. The molecule has 0 bridgehead atoms. The average Bonchev–Trinajstić information content (AvgIpc) is 2.87. The third-order valence-corrected chi connectivity index (χ3v) is 4.82. The minimum absolute atomic E-state index is 0.210. The van der Waals surface area contributed by atoms with Crippen molar-refractivity contribution in [3.8, 4) is 0 Å². The summed E-state index contributed by atoms with van der Waals surface area (Å²) >= 11 is 0. The summed E-state index contributed by atoms with van der Waals surface area (Å²) in [6.07, 6.45) is 9.88. The van der Waals surface area contributed by atoms with E-state index in [-0.39, 0.29) is 11.9 Å². The summed E-state index contributed by atoms with van der Waals surface area (Å²) in [6, 6.07) is 0.204. The van der Waals surface area contributed by atoms with Gasteiger partial charge in [-0.2, -0.15) is 0 Å². The molecule has 110 valence electrons. The van der Waals surface area contributed by atoms with E-state index in [0.717, 1.165) is 18.9 Å². The smallest absolute Gasteiger partial charge is 0.239 e. The number of likely N-dealkylation sites (tertiary alicyclic amines) is 1. The van der Waals surface area contributed by atoms with E-state index in [4.69, 9.17) is 5.73 Å². The van der Waals surface area contributed by atoms with Crippen molar-refractivity contribution >= 4 is 5.91 Å². The van der Waals surface area contributed by atoms with Crippen LogP contribution in [0.5, 0.6) is 0 Å². The van der Waals surface area contributed by atoms with Crippen LogP contribution >= 0.6 is 0 Å². The normalized spacial score (nSPS) is 26.9. The maximum absolute atomic E-state index is 12.5. The Balaban J connectivity index is 1.95. The van der Waals surface area contributed by atoms with Gasteiger partial charge >= 0.3 is 0 Å². The molecule has 3 nitrogen and oxygen atoms in total. The minimum atomic E-state index is -0.288. The molecular formula is C16H30N2O. The van der Waals surface area contributed by atoms with Crippen molar-refractivity contribution in [3.63, 3.8) is 0 Å². The number of carbonyl (C=O) groups excluding carboxylic acids is 1. The molecule has 2 N–H and O–H groups in total. The van der Waals surface area contributed by atoms with E-state index in [0.29, 0.717) is 12.0 Å². The lowest BCUT2D eigenvalue weighted by Gasteiger charge is -2.35. The molecule has 0 spiro atoms. The highest BCUT2D eigenvalue weighted by Gasteiger charge is 2.36. The van der Waals surface area contributed by atoms with E-state index in [1.165, 1.54) is 44.9 Å². The van der Waals surface area contributed by atoms with Crippen LogP contribution in [0.25, 0.3) is 0 Å². The van der Waals surface area contributed by atoms with Crippen molar-refractivity contribution in [2.24, 2.45) is 17.6 Å². The topological polar surface area (TPSA) is 46.3 Å². The Labute approximate surface area is 117 Å². The monoisotopic (exact) mass is 266 g/mol. The van der Waals surface area contributed by atoms with Crippen molar-refractivity contribution in [2.45, 2.75) is 77.3 Å². The van der Waals surface area contributed by atoms with E-state index in [1.807, 2.05) is 0 Å². The highest BCUT2D eigenvalue weighted by molar-refractivity contribution is 5.82. The van der Waals surface area contributed by atoms with Crippen LogP contribution in [0.15, 0.2) is 0 Å². The van der Waals surface area contributed by atoms with Crippen LogP contribution in [0, 0.1) is 11.8 Å². The molecule has 0 aromatic carbocycles. The van der Waals surface area contributed by atoms with E-state index in [9.17, 15) is 4.79 Å². The summed E-state index contributed by atoms with van der Waals surface area (Å²) in [5.41, 5.74) is 6.10. The molecule has 2 fully saturated rings. The lowest BCUT2D eigenvalue weighted by Crippen LogP contribution is -2.48. The van der Waals surface area contributed by atoms with Gasteiger partial charge in [-0.3, -0.25) is 4.79 Å². The lowest BCUT2D eigenvalue weighted by atomic mass is 9.83. The molecule has 3 heteroatoms. The van der Waals surface area contributed by atoms with E-state index < -0.39 is 0 Å². The summed E-state index contributed by atoms with van der Waals surface area (Å²) in [5, 5.41) is 0. The Morgan fingerprint density at radius 2 is 1.84 bits per heavy atom. The Morgan fingerprint density at radius 1 is 1.16 bits per heavy atom. The molecule has 1 aliphatic carbocycles. The van der Waals surface area contributed by atoms with Gasteiger partial charge in [-0.05, 0) is 43.9 Å². The molecule has 1 aliphatic heterocycles. The van der Waals surface area contributed by atoms with Gasteiger partial charge in [0.1, 0.15) is 0 Å². The number of amides is 1. The number of carbonyl (C=O) groups is 1. The highest BCUT2D eigenvalue weighted by Crippen LogP contribution is 2.34. The van der Waals surface area contributed by atoms with Gasteiger partial charge in [-0.15, -0.1) is 0 Å². The first kappa shape index (κ1) is 14.8. The molecule has 0 aromatic rings. The Bertz CT molecular complexity index is 297. The van der Waals surface area contributed by atoms with Crippen molar-refractivity contribution in [2.75, 3.05) is 6.54 Å². The number of nitrogens with two attached hydrogens (primary N) is 1. The molecular weight excluding hydrogens is 236 g/mol. The fraction of sp³-hybridized carbons (Fsp3) is 0.938. The summed E-state index contributed by atoms with van der Waals surface area (Å²) in [6.45, 7) is 5.21. The number of nitrogens with zero attached hydrogens (tertiary/aromatic N) is 1. The molecule has 2 atom stereocenters. The van der Waals surface area contributed by atoms with Crippen LogP contribution in [-0.2, 0) is 4.79 Å². The van der Waals surface area contributed by atoms with Crippen LogP contribution in [0.2, 0.25) is 0 Å². The third kappa shape index (κ3) is 3.71. The number of rotatable bonds is 4. The van der Waals surface area contributed by atoms with E-state index in [2.05, 4.69) is 18.7 Å². The van der Waals surface area contributed by atoms with Crippen molar-refractivity contribution in [1.29, 1.82) is 0 Å². The molecule has 1 saturated carbocycles. The van der Waals surface area contributed by atoms with Crippen molar-refractivity contribution < 1.29 is 4.79 Å². The Kier molecular flexibility index (Phi) is 5.26. The van der Waals surface area contributed by atoms with Crippen LogP contribution in [-0.4, -0.2) is 29.4 Å². The summed E-state index contributed by atoms with van der Waals surface area (Å²) in [4.78, 5) is 14.7. The molecule has 1 saturated heterocycles. The largest absolute Gasteiger partial charge is 0.338 e. The van der Waals surface area contributed by atoms with Gasteiger partial charge in [0.15, 0.2) is 0 Å². The van der Waals surface area contributed by atoms with Crippen LogP contribution in [0.3, 0.4) is 0 Å². The van der Waals surface area contributed by atoms with Crippen molar-refractivity contribution in [3.05, 3.63) is 0 Å². The van der Waals surface area contributed by atoms with Gasteiger partial charge in [0.05, 0.1) is 6.04 Å². The average molecular weight is 266 g/mol. The fourth-order valence-corrected chi connectivity index (χ4v) is 3.90. The van der Waals surface area contributed by atoms with Gasteiger partial charge < -0.3 is 10.6 Å². The van der Waals surface area contributed by atoms with Gasteiger partial charge in [0.2, 0.25) is 5.91 Å². The predicted octanol–water partition coefficient (Wildman–Crippen LogP) is 2.93. The van der Waals surface area contributed by atoms with Crippen LogP contribution < -0.4 is 5.73 Å². The predicted molar refractivity (Wildman–Crippen MR) is 78.7 cm³/mol. The molecule has 19 heavy (non-hydrogen) atoms. The Hall–Kier alpha value is -0.570. The summed E-state index contributed by atoms with van der Waals surface area (Å²) in [7, 11) is 0. The maximum Gasteiger partial charge on any atom is 0.239 e. The standard InChI is InChI=1S/C16H30N2O/c1-12(2)11-14(17)16(19)18-10-6-9-15(18)13-7-4-3-5-8-13/h12-15H,3-11,17H2,1-2H3/t14-,15?/m1/s1. The van der Waals surface area contributed by atoms with E-state index >= 15 is 0 Å². The van der Waals surface area contributed by atoms with Crippen LogP contribution in [0.4, 0.5) is 0 Å². The molecule has 2 rings (SSSR count). The second kappa shape index (κ2) is 6.74. The van der Waals surface area contributed by atoms with Gasteiger partial charge in [-0.1, -0.05) is 33.1 Å². The fourth-order valence-electron chi connectivity index (χ4n) is 3.90. The minimum Gasteiger partial charge on any atom is -0.338 e. The third-order valence-electron chi connectivity index (χ3n) is 4.82. The maximum atomic E-state index is 12.5. The first-order chi connectivity index (χ1) is 9.09. The van der Waals surface area contributed by atoms with Crippen LogP contribution in [0.1, 0.15) is 65.2 Å². The lowest BCUT2D eigenvalue weighted by molar-refractivity contribution is -0.135. The van der Waals surface area contributed by atoms with Gasteiger partial charge in [0.25, 0.3) is 0 Å². The molecule has 1 amide bonds. The summed E-state index contributed by atoms with van der Waals surface area (Å²) < 4.78 is 0. The Morgan fingerprint density at radius 3 is 2.47 bits per heavy atom. The zero-order valence-electron chi connectivity index (χ0n) is 12.6. The first-order valence-corrected chi connectivity index (χ1v) is 8.15. The zero-order chi connectivity index (χ0) is 13.8. The second-order valence-corrected chi connectivity index (χ2v) is 6.88. The van der Waals surface area contributed by atoms with Crippen molar-refractivity contribution in [1.82, 2.24) is 4.90 Å². The molecule has 1 unspecified atom stereocenters. The molecule has 2 aliphatic rings. The van der Waals surface area contributed by atoms with Gasteiger partial charge in [-0.25, -0.2) is 0 Å². The molecule has 0 aromatic heterocycles. The SMILES string of the molecule is CC(C)C[C@@H](N)C(=O)N1CCCC1C1CCCCC1. The molecule has 0 radical (unpaired) electrons. The van der Waals surface area contributed by atoms with Gasteiger partial charge in [0, 0.05) is 12.6 Å². The quantitative estimate of drug-likeness (QED) is 0.850. The highest BCUT2D eigenvalue weighted by atomic mass is 16.2. The number of hydrogen-bond donors (Lipinski definition) is 1. The van der Waals surface area contributed by atoms with E-state index in [1.54, 1.807) is 0 Å².